The van der Waals surface area contributed by atoms with Gasteiger partial charge < -0.3 is 4.90 Å². The number of anilines is 2. The van der Waals surface area contributed by atoms with Crippen LogP contribution in [0.25, 0.3) is 0 Å². The van der Waals surface area contributed by atoms with Crippen molar-refractivity contribution in [3.8, 4) is 0 Å². The van der Waals surface area contributed by atoms with Crippen LogP contribution in [0.4, 0.5) is 11.4 Å². The number of carbonyl (C=O) groups is 1. The van der Waals surface area contributed by atoms with E-state index in [9.17, 15) is 13.2 Å². The first-order valence-corrected chi connectivity index (χ1v) is 9.27. The highest BCUT2D eigenvalue weighted by Gasteiger charge is 2.23. The van der Waals surface area contributed by atoms with Gasteiger partial charge in [-0.2, -0.15) is 0 Å². The first-order valence-electron chi connectivity index (χ1n) is 7.79. The predicted molar refractivity (Wildman–Crippen MR) is 94.9 cm³/mol. The number of rotatable bonds is 3. The van der Waals surface area contributed by atoms with Crippen LogP contribution in [0.1, 0.15) is 23.6 Å². The van der Waals surface area contributed by atoms with Crippen molar-refractivity contribution < 1.29 is 13.2 Å². The Labute approximate surface area is 142 Å². The molecular weight excluding hydrogens is 324 g/mol. The summed E-state index contributed by atoms with van der Waals surface area (Å²) in [6.45, 7) is 5.98. The zero-order valence-corrected chi connectivity index (χ0v) is 14.8. The van der Waals surface area contributed by atoms with Gasteiger partial charge in [-0.1, -0.05) is 12.1 Å². The molecule has 2 aromatic rings. The SMILES string of the molecule is CC(=O)N1CCc2ccc(NS(=O)(=O)c3ccc(C)c(C)c3)cc21. The average Bonchev–Trinajstić information content (AvgIpc) is 2.92. The van der Waals surface area contributed by atoms with E-state index in [0.29, 0.717) is 12.2 Å². The van der Waals surface area contributed by atoms with Crippen molar-refractivity contribution in [3.63, 3.8) is 0 Å². The fourth-order valence-corrected chi connectivity index (χ4v) is 4.00. The molecule has 0 aliphatic carbocycles. The van der Waals surface area contributed by atoms with Gasteiger partial charge in [0.2, 0.25) is 5.91 Å². The molecule has 6 heteroatoms. The molecule has 2 aromatic carbocycles. The third-order valence-corrected chi connectivity index (χ3v) is 5.78. The molecule has 0 saturated carbocycles. The first-order chi connectivity index (χ1) is 11.3. The highest BCUT2D eigenvalue weighted by Crippen LogP contribution is 2.31. The summed E-state index contributed by atoms with van der Waals surface area (Å²) >= 11 is 0. The normalized spacial score (nSPS) is 13.7. The third kappa shape index (κ3) is 3.01. The zero-order valence-electron chi connectivity index (χ0n) is 14.0. The van der Waals surface area contributed by atoms with Crippen molar-refractivity contribution in [2.24, 2.45) is 0 Å². The minimum absolute atomic E-state index is 0.0390. The molecule has 1 heterocycles. The Morgan fingerprint density at radius 1 is 1.08 bits per heavy atom. The largest absolute Gasteiger partial charge is 0.312 e. The Hall–Kier alpha value is -2.34. The van der Waals surface area contributed by atoms with E-state index in [2.05, 4.69) is 4.72 Å². The summed E-state index contributed by atoms with van der Waals surface area (Å²) < 4.78 is 27.8. The second kappa shape index (κ2) is 5.94. The van der Waals surface area contributed by atoms with Crippen LogP contribution in [0.5, 0.6) is 0 Å². The molecule has 0 bridgehead atoms. The number of nitrogens with one attached hydrogen (secondary N) is 1. The first kappa shape index (κ1) is 16.5. The third-order valence-electron chi connectivity index (χ3n) is 4.40. The fraction of sp³-hybridized carbons (Fsp3) is 0.278. The van der Waals surface area contributed by atoms with Crippen molar-refractivity contribution in [3.05, 3.63) is 53.1 Å². The van der Waals surface area contributed by atoms with Crippen molar-refractivity contribution >= 4 is 27.3 Å². The van der Waals surface area contributed by atoms with Crippen molar-refractivity contribution in [2.45, 2.75) is 32.1 Å². The molecule has 0 saturated heterocycles. The Morgan fingerprint density at radius 3 is 2.50 bits per heavy atom. The highest BCUT2D eigenvalue weighted by molar-refractivity contribution is 7.92. The van der Waals surface area contributed by atoms with Gasteiger partial charge in [0, 0.05) is 19.2 Å². The molecule has 0 radical (unpaired) electrons. The maximum Gasteiger partial charge on any atom is 0.261 e. The molecule has 0 fully saturated rings. The minimum atomic E-state index is -3.66. The lowest BCUT2D eigenvalue weighted by molar-refractivity contribution is -0.116. The second-order valence-corrected chi connectivity index (χ2v) is 7.80. The molecule has 1 N–H and O–H groups in total. The number of hydrogen-bond donors (Lipinski definition) is 1. The monoisotopic (exact) mass is 344 g/mol. The minimum Gasteiger partial charge on any atom is -0.312 e. The van der Waals surface area contributed by atoms with Crippen molar-refractivity contribution in [1.82, 2.24) is 0 Å². The summed E-state index contributed by atoms with van der Waals surface area (Å²) in [7, 11) is -3.66. The average molecular weight is 344 g/mol. The van der Waals surface area contributed by atoms with Crippen LogP contribution in [0.2, 0.25) is 0 Å². The summed E-state index contributed by atoms with van der Waals surface area (Å²) in [5, 5.41) is 0. The Bertz CT molecular complexity index is 920. The number of nitrogens with zero attached hydrogens (tertiary/aromatic N) is 1. The molecule has 0 unspecified atom stereocenters. The lowest BCUT2D eigenvalue weighted by Crippen LogP contribution is -2.25. The van der Waals surface area contributed by atoms with Gasteiger partial charge in [-0.15, -0.1) is 0 Å². The second-order valence-electron chi connectivity index (χ2n) is 6.12. The number of carbonyl (C=O) groups excluding carboxylic acids is 1. The van der Waals surface area contributed by atoms with Gasteiger partial charge in [0.15, 0.2) is 0 Å². The van der Waals surface area contributed by atoms with E-state index in [1.54, 1.807) is 35.2 Å². The Morgan fingerprint density at radius 2 is 1.83 bits per heavy atom. The van der Waals surface area contributed by atoms with E-state index in [0.717, 1.165) is 28.8 Å². The summed E-state index contributed by atoms with van der Waals surface area (Å²) in [6, 6.07) is 10.4. The summed E-state index contributed by atoms with van der Waals surface area (Å²) in [5.41, 5.74) is 4.26. The number of hydrogen-bond acceptors (Lipinski definition) is 3. The van der Waals surface area contributed by atoms with Crippen LogP contribution in [0.3, 0.4) is 0 Å². The molecular formula is C18H20N2O3S. The van der Waals surface area contributed by atoms with Crippen molar-refractivity contribution in [2.75, 3.05) is 16.2 Å². The van der Waals surface area contributed by atoms with Crippen LogP contribution in [0.15, 0.2) is 41.3 Å². The van der Waals surface area contributed by atoms with Crippen LogP contribution in [-0.2, 0) is 21.2 Å². The fourth-order valence-electron chi connectivity index (χ4n) is 2.86. The maximum absolute atomic E-state index is 12.6. The van der Waals surface area contributed by atoms with E-state index in [-0.39, 0.29) is 10.8 Å². The van der Waals surface area contributed by atoms with Crippen LogP contribution >= 0.6 is 0 Å². The van der Waals surface area contributed by atoms with Gasteiger partial charge in [0.1, 0.15) is 0 Å². The predicted octanol–water partition coefficient (Wildman–Crippen LogP) is 3.01. The van der Waals surface area contributed by atoms with Gasteiger partial charge in [-0.05, 0) is 61.2 Å². The molecule has 0 atom stereocenters. The standard InChI is InChI=1S/C18H20N2O3S/c1-12-4-7-17(10-13(12)2)24(22,23)19-16-6-5-15-8-9-20(14(3)21)18(15)11-16/h4-7,10-11,19H,8-9H2,1-3H3. The molecule has 1 aliphatic heterocycles. The number of fused-ring (bicyclic) bond motifs is 1. The zero-order chi connectivity index (χ0) is 17.5. The quantitative estimate of drug-likeness (QED) is 0.931. The molecule has 3 rings (SSSR count). The summed E-state index contributed by atoms with van der Waals surface area (Å²) in [6.07, 6.45) is 0.791. The topological polar surface area (TPSA) is 66.5 Å². The lowest BCUT2D eigenvalue weighted by Gasteiger charge is -2.16. The molecule has 126 valence electrons. The molecule has 24 heavy (non-hydrogen) atoms. The van der Waals surface area contributed by atoms with Gasteiger partial charge in [0.25, 0.3) is 10.0 Å². The van der Waals surface area contributed by atoms with Crippen LogP contribution in [-0.4, -0.2) is 20.9 Å². The van der Waals surface area contributed by atoms with Gasteiger partial charge in [0.05, 0.1) is 10.6 Å². The number of amides is 1. The maximum atomic E-state index is 12.6. The van der Waals surface area contributed by atoms with E-state index in [4.69, 9.17) is 0 Å². The highest BCUT2D eigenvalue weighted by atomic mass is 32.2. The van der Waals surface area contributed by atoms with E-state index in [1.165, 1.54) is 6.92 Å². The summed E-state index contributed by atoms with van der Waals surface area (Å²) in [5.74, 6) is -0.0390. The van der Waals surface area contributed by atoms with Crippen molar-refractivity contribution in [1.29, 1.82) is 0 Å². The smallest absolute Gasteiger partial charge is 0.261 e. The van der Waals surface area contributed by atoms with E-state index in [1.807, 2.05) is 19.9 Å². The van der Waals surface area contributed by atoms with Gasteiger partial charge >= 0.3 is 0 Å². The Kier molecular flexibility index (Phi) is 4.09. The molecule has 1 amide bonds. The van der Waals surface area contributed by atoms with Gasteiger partial charge in [-0.3, -0.25) is 9.52 Å². The lowest BCUT2D eigenvalue weighted by atomic mass is 10.1. The van der Waals surface area contributed by atoms with E-state index >= 15 is 0 Å². The molecule has 0 spiro atoms. The van der Waals surface area contributed by atoms with Crippen LogP contribution < -0.4 is 9.62 Å². The van der Waals surface area contributed by atoms with Gasteiger partial charge in [-0.25, -0.2) is 8.42 Å². The molecule has 0 aromatic heterocycles. The summed E-state index contributed by atoms with van der Waals surface area (Å²) in [4.78, 5) is 13.6. The number of benzene rings is 2. The molecule has 5 nitrogen and oxygen atoms in total. The Balaban J connectivity index is 1.92. The van der Waals surface area contributed by atoms with E-state index < -0.39 is 10.0 Å². The number of sulfonamides is 1. The molecule has 1 aliphatic rings. The van der Waals surface area contributed by atoms with Crippen LogP contribution in [0, 0.1) is 13.8 Å². The number of aryl methyl sites for hydroxylation is 2.